The van der Waals surface area contributed by atoms with Crippen LogP contribution in [-0.4, -0.2) is 52.3 Å². The van der Waals surface area contributed by atoms with Crippen LogP contribution >= 0.6 is 0 Å². The van der Waals surface area contributed by atoms with Crippen molar-refractivity contribution in [2.24, 2.45) is 0 Å². The van der Waals surface area contributed by atoms with E-state index in [1.165, 1.54) is 41.0 Å². The van der Waals surface area contributed by atoms with E-state index in [2.05, 4.69) is 20.0 Å². The Balaban J connectivity index is 1.33. The van der Waals surface area contributed by atoms with Crippen LogP contribution in [0.15, 0.2) is 65.8 Å². The van der Waals surface area contributed by atoms with Crippen molar-refractivity contribution < 1.29 is 31.1 Å². The van der Waals surface area contributed by atoms with Gasteiger partial charge in [-0.2, -0.15) is 0 Å². The van der Waals surface area contributed by atoms with Crippen molar-refractivity contribution >= 4 is 43.3 Å². The van der Waals surface area contributed by atoms with Crippen LogP contribution in [0.4, 0.5) is 17.3 Å². The molecule has 14 heteroatoms. The summed E-state index contributed by atoms with van der Waals surface area (Å²) in [6.45, 7) is 0.152. The van der Waals surface area contributed by atoms with E-state index in [9.17, 15) is 21.6 Å². The molecule has 1 aliphatic heterocycles. The molecule has 0 atom stereocenters. The van der Waals surface area contributed by atoms with Gasteiger partial charge in [0.25, 0.3) is 10.0 Å². The first-order chi connectivity index (χ1) is 17.1. The lowest BCUT2D eigenvalue weighted by molar-refractivity contribution is -0.116. The predicted octanol–water partition coefficient (Wildman–Crippen LogP) is 2.19. The number of anilines is 3. The van der Waals surface area contributed by atoms with Gasteiger partial charge in [-0.1, -0.05) is 0 Å². The molecular formula is C22H23N5O7S2. The van der Waals surface area contributed by atoms with Gasteiger partial charge in [-0.05, 0) is 48.9 Å². The van der Waals surface area contributed by atoms with Crippen LogP contribution in [0.2, 0.25) is 0 Å². The van der Waals surface area contributed by atoms with Gasteiger partial charge in [0.1, 0.15) is 0 Å². The Morgan fingerprint density at radius 3 is 2.39 bits per heavy atom. The smallest absolute Gasteiger partial charge is 0.264 e. The predicted molar refractivity (Wildman–Crippen MR) is 132 cm³/mol. The van der Waals surface area contributed by atoms with Crippen LogP contribution in [0.3, 0.4) is 0 Å². The van der Waals surface area contributed by atoms with E-state index in [1.807, 2.05) is 0 Å². The summed E-state index contributed by atoms with van der Waals surface area (Å²) in [5.74, 6) is 0.588. The fourth-order valence-corrected chi connectivity index (χ4v) is 5.30. The SMILES string of the molecule is CS(=O)(=O)N(CCCC(=O)Nc1ccc(S(=O)(=O)Nc2ncccn2)cc1)c1ccc2c(c1)OCO2. The Hall–Kier alpha value is -3.91. The number of ether oxygens (including phenoxy) is 2. The fraction of sp³-hybridized carbons (Fsp3) is 0.227. The van der Waals surface area contributed by atoms with E-state index < -0.39 is 20.0 Å². The molecule has 3 aromatic rings. The van der Waals surface area contributed by atoms with Crippen LogP contribution in [0.5, 0.6) is 11.5 Å². The molecule has 12 nitrogen and oxygen atoms in total. The summed E-state index contributed by atoms with van der Waals surface area (Å²) < 4.78 is 63.6. The monoisotopic (exact) mass is 533 g/mol. The molecule has 0 radical (unpaired) electrons. The maximum Gasteiger partial charge on any atom is 0.264 e. The number of carbonyl (C=O) groups excluding carboxylic acids is 1. The maximum absolute atomic E-state index is 12.5. The van der Waals surface area contributed by atoms with Crippen molar-refractivity contribution in [3.63, 3.8) is 0 Å². The number of carbonyl (C=O) groups is 1. The molecule has 0 saturated carbocycles. The molecule has 4 rings (SSSR count). The second-order valence-electron chi connectivity index (χ2n) is 7.73. The topological polar surface area (TPSA) is 157 Å². The number of rotatable bonds is 10. The first-order valence-corrected chi connectivity index (χ1v) is 14.0. The van der Waals surface area contributed by atoms with Gasteiger partial charge in [0.15, 0.2) is 11.5 Å². The highest BCUT2D eigenvalue weighted by molar-refractivity contribution is 7.92. The van der Waals surface area contributed by atoms with Gasteiger partial charge in [0, 0.05) is 37.1 Å². The van der Waals surface area contributed by atoms with Crippen LogP contribution in [0.1, 0.15) is 12.8 Å². The Bertz CT molecular complexity index is 1450. The summed E-state index contributed by atoms with van der Waals surface area (Å²) in [7, 11) is -7.49. The Morgan fingerprint density at radius 1 is 1.00 bits per heavy atom. The number of amides is 1. The summed E-state index contributed by atoms with van der Waals surface area (Å²) in [4.78, 5) is 20.0. The molecular weight excluding hydrogens is 510 g/mol. The van der Waals surface area contributed by atoms with Gasteiger partial charge in [0.2, 0.25) is 28.7 Å². The summed E-state index contributed by atoms with van der Waals surface area (Å²) >= 11 is 0. The van der Waals surface area contributed by atoms with Crippen molar-refractivity contribution in [2.75, 3.05) is 33.9 Å². The minimum atomic E-state index is -3.89. The lowest BCUT2D eigenvalue weighted by Gasteiger charge is -2.22. The zero-order chi connectivity index (χ0) is 25.8. The van der Waals surface area contributed by atoms with Crippen molar-refractivity contribution in [3.05, 3.63) is 60.9 Å². The molecule has 0 fully saturated rings. The molecule has 1 aromatic heterocycles. The van der Waals surface area contributed by atoms with E-state index in [-0.39, 0.29) is 42.9 Å². The molecule has 1 aliphatic rings. The summed E-state index contributed by atoms with van der Waals surface area (Å²) in [5, 5.41) is 2.67. The van der Waals surface area contributed by atoms with Crippen molar-refractivity contribution in [2.45, 2.75) is 17.7 Å². The number of aromatic nitrogens is 2. The van der Waals surface area contributed by atoms with E-state index in [4.69, 9.17) is 9.47 Å². The number of benzene rings is 2. The van der Waals surface area contributed by atoms with Gasteiger partial charge in [-0.15, -0.1) is 0 Å². The van der Waals surface area contributed by atoms with E-state index in [0.717, 1.165) is 6.26 Å². The molecule has 0 bridgehead atoms. The molecule has 1 amide bonds. The summed E-state index contributed by atoms with van der Waals surface area (Å²) in [6, 6.07) is 12.0. The molecule has 0 aliphatic carbocycles. The zero-order valence-corrected chi connectivity index (χ0v) is 20.8. The molecule has 2 aromatic carbocycles. The average molecular weight is 534 g/mol. The normalized spacial score (nSPS) is 12.7. The molecule has 2 N–H and O–H groups in total. The van der Waals surface area contributed by atoms with Crippen LogP contribution < -0.4 is 23.8 Å². The number of fused-ring (bicyclic) bond motifs is 1. The average Bonchev–Trinajstić information content (AvgIpc) is 3.30. The van der Waals surface area contributed by atoms with Crippen molar-refractivity contribution in [1.29, 1.82) is 0 Å². The highest BCUT2D eigenvalue weighted by Gasteiger charge is 2.22. The number of hydrogen-bond donors (Lipinski definition) is 2. The highest BCUT2D eigenvalue weighted by Crippen LogP contribution is 2.36. The van der Waals surface area contributed by atoms with E-state index in [0.29, 0.717) is 22.9 Å². The third-order valence-corrected chi connectivity index (χ3v) is 7.59. The van der Waals surface area contributed by atoms with Crippen molar-refractivity contribution in [3.8, 4) is 11.5 Å². The third kappa shape index (κ3) is 6.20. The minimum absolute atomic E-state index is 0.0273. The Kier molecular flexibility index (Phi) is 7.26. The zero-order valence-electron chi connectivity index (χ0n) is 19.1. The Labute approximate surface area is 208 Å². The van der Waals surface area contributed by atoms with E-state index in [1.54, 1.807) is 24.3 Å². The summed E-state index contributed by atoms with van der Waals surface area (Å²) in [5.41, 5.74) is 0.805. The fourth-order valence-electron chi connectivity index (χ4n) is 3.38. The molecule has 36 heavy (non-hydrogen) atoms. The van der Waals surface area contributed by atoms with Crippen LogP contribution in [0.25, 0.3) is 0 Å². The van der Waals surface area contributed by atoms with E-state index >= 15 is 0 Å². The van der Waals surface area contributed by atoms with Gasteiger partial charge >= 0.3 is 0 Å². The van der Waals surface area contributed by atoms with Crippen LogP contribution in [0, 0.1) is 0 Å². The van der Waals surface area contributed by atoms with Gasteiger partial charge in [-0.3, -0.25) is 9.10 Å². The second-order valence-corrected chi connectivity index (χ2v) is 11.3. The van der Waals surface area contributed by atoms with Gasteiger partial charge in [0.05, 0.1) is 16.8 Å². The van der Waals surface area contributed by atoms with Gasteiger partial charge < -0.3 is 14.8 Å². The first kappa shape index (κ1) is 25.2. The highest BCUT2D eigenvalue weighted by atomic mass is 32.2. The standard InChI is InChI=1S/C22H23N5O7S2/c1-35(29,30)27(17-7-10-19-20(14-17)34-15-33-19)13-2-4-21(28)25-16-5-8-18(9-6-16)36(31,32)26-22-23-11-3-12-24-22/h3,5-12,14H,2,4,13,15H2,1H3,(H,25,28)(H,23,24,26). The Morgan fingerprint density at radius 2 is 1.69 bits per heavy atom. The van der Waals surface area contributed by atoms with Crippen molar-refractivity contribution in [1.82, 2.24) is 9.97 Å². The molecule has 0 unspecified atom stereocenters. The summed E-state index contributed by atoms with van der Waals surface area (Å²) in [6.07, 6.45) is 4.21. The molecule has 0 spiro atoms. The number of nitrogens with zero attached hydrogens (tertiary/aromatic N) is 3. The number of sulfonamides is 2. The third-order valence-electron chi connectivity index (χ3n) is 5.05. The lowest BCUT2D eigenvalue weighted by Crippen LogP contribution is -2.31. The van der Waals surface area contributed by atoms with Gasteiger partial charge in [-0.25, -0.2) is 31.5 Å². The first-order valence-electron chi connectivity index (χ1n) is 10.7. The quantitative estimate of drug-likeness (QED) is 0.399. The second kappa shape index (κ2) is 10.4. The molecule has 2 heterocycles. The number of nitrogens with one attached hydrogen (secondary N) is 2. The molecule has 190 valence electrons. The largest absolute Gasteiger partial charge is 0.454 e. The number of hydrogen-bond acceptors (Lipinski definition) is 9. The van der Waals surface area contributed by atoms with Crippen LogP contribution in [-0.2, 0) is 24.8 Å². The maximum atomic E-state index is 12.5. The minimum Gasteiger partial charge on any atom is -0.454 e. The lowest BCUT2D eigenvalue weighted by atomic mass is 10.2. The molecule has 0 saturated heterocycles.